The van der Waals surface area contributed by atoms with Gasteiger partial charge in [0.15, 0.2) is 0 Å². The molecular formula is C23H28N6O3. The molecule has 1 fully saturated rings. The van der Waals surface area contributed by atoms with Crippen molar-refractivity contribution in [1.29, 1.82) is 0 Å². The Labute approximate surface area is 187 Å². The van der Waals surface area contributed by atoms with Crippen molar-refractivity contribution in [3.8, 4) is 16.9 Å². The fourth-order valence-corrected chi connectivity index (χ4v) is 4.02. The van der Waals surface area contributed by atoms with Gasteiger partial charge >= 0.3 is 0 Å². The van der Waals surface area contributed by atoms with Crippen LogP contribution in [-0.4, -0.2) is 58.8 Å². The van der Waals surface area contributed by atoms with Crippen molar-refractivity contribution < 1.29 is 14.2 Å². The van der Waals surface area contributed by atoms with Gasteiger partial charge in [-0.1, -0.05) is 22.4 Å². The first kappa shape index (κ1) is 21.7. The van der Waals surface area contributed by atoms with E-state index in [1.54, 1.807) is 14.0 Å². The van der Waals surface area contributed by atoms with Gasteiger partial charge in [-0.15, -0.1) is 0 Å². The number of anilines is 1. The molecule has 0 unspecified atom stereocenters. The summed E-state index contributed by atoms with van der Waals surface area (Å²) in [5, 5.41) is 7.69. The maximum Gasteiger partial charge on any atom is 0.229 e. The number of amides is 1. The molecular weight excluding hydrogens is 408 g/mol. The van der Waals surface area contributed by atoms with Crippen LogP contribution in [0.2, 0.25) is 0 Å². The molecule has 0 saturated carbocycles. The Balaban J connectivity index is 1.73. The molecule has 1 aliphatic heterocycles. The number of carbonyl (C=O) groups excluding carboxylic acids is 1. The Morgan fingerprint density at radius 1 is 1.22 bits per heavy atom. The predicted octanol–water partition coefficient (Wildman–Crippen LogP) is 3.21. The van der Waals surface area contributed by atoms with E-state index in [9.17, 15) is 4.79 Å². The van der Waals surface area contributed by atoms with Crippen LogP contribution in [0.1, 0.15) is 42.4 Å². The van der Waals surface area contributed by atoms with Crippen molar-refractivity contribution in [3.63, 3.8) is 0 Å². The smallest absolute Gasteiger partial charge is 0.229 e. The van der Waals surface area contributed by atoms with Gasteiger partial charge in [-0.05, 0) is 43.9 Å². The molecule has 32 heavy (non-hydrogen) atoms. The largest absolute Gasteiger partial charge is 0.497 e. The van der Waals surface area contributed by atoms with Crippen LogP contribution in [0.5, 0.6) is 5.75 Å². The van der Waals surface area contributed by atoms with E-state index in [2.05, 4.69) is 15.3 Å². The van der Waals surface area contributed by atoms with Crippen molar-refractivity contribution in [2.45, 2.75) is 38.6 Å². The van der Waals surface area contributed by atoms with Crippen LogP contribution in [0.25, 0.3) is 11.1 Å². The third-order valence-electron chi connectivity index (χ3n) is 5.81. The van der Waals surface area contributed by atoms with Crippen LogP contribution < -0.4 is 9.64 Å². The number of ether oxygens (including phenoxy) is 1. The van der Waals surface area contributed by atoms with Gasteiger partial charge < -0.3 is 14.5 Å². The van der Waals surface area contributed by atoms with E-state index in [1.807, 2.05) is 54.4 Å². The summed E-state index contributed by atoms with van der Waals surface area (Å²) in [6.07, 6.45) is 4.84. The van der Waals surface area contributed by atoms with Gasteiger partial charge in [0, 0.05) is 32.4 Å². The lowest BCUT2D eigenvalue weighted by molar-refractivity contribution is -0.134. The molecule has 0 bridgehead atoms. The van der Waals surface area contributed by atoms with Gasteiger partial charge in [0.1, 0.15) is 17.1 Å². The van der Waals surface area contributed by atoms with Crippen LogP contribution in [-0.2, 0) is 11.2 Å². The summed E-state index contributed by atoms with van der Waals surface area (Å²) in [5.74, 6) is 1.40. The minimum Gasteiger partial charge on any atom is -0.497 e. The minimum atomic E-state index is -0.143. The monoisotopic (exact) mass is 436 g/mol. The summed E-state index contributed by atoms with van der Waals surface area (Å²) in [5.41, 5.74) is 3.98. The topological polar surface area (TPSA) is 97.5 Å². The van der Waals surface area contributed by atoms with Gasteiger partial charge in [-0.2, -0.15) is 0 Å². The standard InChI is InChI=1S/C23H28N6O3/c1-15-19(27-32-26-15)13-21(30)29-12-6-5-7-20(29)22-18(14-24-23(25-22)28(2)3)16-8-10-17(31-4)11-9-16/h8-11,14,20H,5-7,12-13H2,1-4H3/t20-/m1/s1. The summed E-state index contributed by atoms with van der Waals surface area (Å²) >= 11 is 0. The van der Waals surface area contributed by atoms with Crippen LogP contribution >= 0.6 is 0 Å². The van der Waals surface area contributed by atoms with Crippen molar-refractivity contribution in [2.75, 3.05) is 32.6 Å². The molecule has 1 amide bonds. The lowest BCUT2D eigenvalue weighted by atomic mass is 9.93. The Morgan fingerprint density at radius 2 is 2.00 bits per heavy atom. The number of hydrogen-bond donors (Lipinski definition) is 0. The molecule has 0 spiro atoms. The molecule has 4 rings (SSSR count). The summed E-state index contributed by atoms with van der Waals surface area (Å²) in [6, 6.07) is 7.69. The molecule has 0 radical (unpaired) electrons. The predicted molar refractivity (Wildman–Crippen MR) is 119 cm³/mol. The van der Waals surface area contributed by atoms with Gasteiger partial charge in [0.25, 0.3) is 0 Å². The fraction of sp³-hybridized carbons (Fsp3) is 0.435. The zero-order valence-electron chi connectivity index (χ0n) is 18.9. The molecule has 1 aromatic carbocycles. The first-order chi connectivity index (χ1) is 15.5. The van der Waals surface area contributed by atoms with Crippen LogP contribution in [0.4, 0.5) is 5.95 Å². The lowest BCUT2D eigenvalue weighted by Gasteiger charge is -2.36. The molecule has 3 aromatic rings. The number of rotatable bonds is 6. The molecule has 1 aliphatic rings. The highest BCUT2D eigenvalue weighted by atomic mass is 16.6. The van der Waals surface area contributed by atoms with E-state index in [1.165, 1.54) is 0 Å². The third-order valence-corrected chi connectivity index (χ3v) is 5.81. The number of aromatic nitrogens is 4. The van der Waals surface area contributed by atoms with Crippen molar-refractivity contribution in [2.24, 2.45) is 0 Å². The normalized spacial score (nSPS) is 16.1. The summed E-state index contributed by atoms with van der Waals surface area (Å²) in [7, 11) is 5.47. The minimum absolute atomic E-state index is 0.000744. The Bertz CT molecular complexity index is 1080. The van der Waals surface area contributed by atoms with Crippen molar-refractivity contribution in [1.82, 2.24) is 25.2 Å². The van der Waals surface area contributed by atoms with Crippen molar-refractivity contribution >= 4 is 11.9 Å². The fourth-order valence-electron chi connectivity index (χ4n) is 4.02. The first-order valence-electron chi connectivity index (χ1n) is 10.7. The molecule has 2 aromatic heterocycles. The molecule has 0 aliphatic carbocycles. The van der Waals surface area contributed by atoms with Gasteiger partial charge in [-0.25, -0.2) is 14.6 Å². The second kappa shape index (κ2) is 9.33. The summed E-state index contributed by atoms with van der Waals surface area (Å²) < 4.78 is 10.1. The van der Waals surface area contributed by atoms with E-state index in [0.717, 1.165) is 41.8 Å². The second-order valence-corrected chi connectivity index (χ2v) is 8.16. The summed E-state index contributed by atoms with van der Waals surface area (Å²) in [6.45, 7) is 2.47. The van der Waals surface area contributed by atoms with E-state index in [-0.39, 0.29) is 18.4 Å². The Morgan fingerprint density at radius 3 is 2.66 bits per heavy atom. The number of hydrogen-bond acceptors (Lipinski definition) is 8. The zero-order chi connectivity index (χ0) is 22.7. The number of benzene rings is 1. The van der Waals surface area contributed by atoms with Gasteiger partial charge in [0.2, 0.25) is 11.9 Å². The van der Waals surface area contributed by atoms with E-state index >= 15 is 0 Å². The number of piperidine rings is 1. The molecule has 0 N–H and O–H groups in total. The highest BCUT2D eigenvalue weighted by Gasteiger charge is 2.32. The molecule has 168 valence electrons. The maximum absolute atomic E-state index is 13.3. The Hall–Kier alpha value is -3.49. The zero-order valence-corrected chi connectivity index (χ0v) is 18.9. The van der Waals surface area contributed by atoms with Crippen LogP contribution in [0.3, 0.4) is 0 Å². The molecule has 9 heteroatoms. The molecule has 3 heterocycles. The maximum atomic E-state index is 13.3. The SMILES string of the molecule is COc1ccc(-c2cnc(N(C)C)nc2[C@H]2CCCCN2C(=O)Cc2nonc2C)cc1. The number of aryl methyl sites for hydroxylation is 1. The highest BCUT2D eigenvalue weighted by molar-refractivity contribution is 5.79. The van der Waals surface area contributed by atoms with E-state index < -0.39 is 0 Å². The van der Waals surface area contributed by atoms with E-state index in [0.29, 0.717) is 23.9 Å². The number of nitrogens with zero attached hydrogens (tertiary/aromatic N) is 6. The Kier molecular flexibility index (Phi) is 6.34. The van der Waals surface area contributed by atoms with Gasteiger partial charge in [-0.3, -0.25) is 4.79 Å². The molecule has 1 saturated heterocycles. The van der Waals surface area contributed by atoms with Gasteiger partial charge in [0.05, 0.1) is 25.3 Å². The van der Waals surface area contributed by atoms with Crippen LogP contribution in [0, 0.1) is 6.92 Å². The molecule has 9 nitrogen and oxygen atoms in total. The quantitative estimate of drug-likeness (QED) is 0.581. The highest BCUT2D eigenvalue weighted by Crippen LogP contribution is 2.37. The second-order valence-electron chi connectivity index (χ2n) is 8.16. The first-order valence-corrected chi connectivity index (χ1v) is 10.7. The number of methoxy groups -OCH3 is 1. The number of likely N-dealkylation sites (tertiary alicyclic amines) is 1. The number of carbonyl (C=O) groups is 1. The third kappa shape index (κ3) is 4.42. The van der Waals surface area contributed by atoms with E-state index in [4.69, 9.17) is 14.3 Å². The van der Waals surface area contributed by atoms with Crippen LogP contribution in [0.15, 0.2) is 35.1 Å². The summed E-state index contributed by atoms with van der Waals surface area (Å²) in [4.78, 5) is 26.5. The molecule has 1 atom stereocenters. The van der Waals surface area contributed by atoms with Crippen molar-refractivity contribution in [3.05, 3.63) is 47.5 Å². The average Bonchev–Trinajstić information content (AvgIpc) is 3.22. The average molecular weight is 437 g/mol. The lowest BCUT2D eigenvalue weighted by Crippen LogP contribution is -2.40.